The highest BCUT2D eigenvalue weighted by molar-refractivity contribution is 7.91. The number of nitrogens with two attached hydrogens (primary N) is 1. The maximum atomic E-state index is 12.6. The van der Waals surface area contributed by atoms with E-state index in [9.17, 15) is 13.2 Å². The van der Waals surface area contributed by atoms with E-state index in [4.69, 9.17) is 10.5 Å². The van der Waals surface area contributed by atoms with Gasteiger partial charge in [-0.15, -0.1) is 4.40 Å². The van der Waals surface area contributed by atoms with E-state index in [2.05, 4.69) is 14.4 Å². The van der Waals surface area contributed by atoms with E-state index < -0.39 is 10.2 Å². The first-order valence-corrected chi connectivity index (χ1v) is 10.7. The SMILES string of the molecule is CC(C)(C)NC(=O)N1CCCC[C@@H]1COc1cccc2c1C(N)=NS(=O)(=O)N2. The molecule has 0 unspecified atom stereocenters. The van der Waals surface area contributed by atoms with Gasteiger partial charge in [-0.1, -0.05) is 6.07 Å². The molecule has 9 nitrogen and oxygen atoms in total. The van der Waals surface area contributed by atoms with Crippen LogP contribution in [0.25, 0.3) is 0 Å². The van der Waals surface area contributed by atoms with Gasteiger partial charge in [0.2, 0.25) is 0 Å². The van der Waals surface area contributed by atoms with Crippen LogP contribution in [0.1, 0.15) is 45.6 Å². The summed E-state index contributed by atoms with van der Waals surface area (Å²) in [7, 11) is -3.84. The smallest absolute Gasteiger partial charge is 0.344 e. The lowest BCUT2D eigenvalue weighted by atomic mass is 10.0. The van der Waals surface area contributed by atoms with Gasteiger partial charge in [0.1, 0.15) is 12.4 Å². The molecule has 0 aliphatic carbocycles. The number of amidine groups is 1. The highest BCUT2D eigenvalue weighted by Gasteiger charge is 2.30. The molecule has 2 aliphatic rings. The molecule has 154 valence electrons. The average Bonchev–Trinajstić information content (AvgIpc) is 2.57. The molecule has 4 N–H and O–H groups in total. The molecule has 28 heavy (non-hydrogen) atoms. The Hall–Kier alpha value is -2.49. The third-order valence-corrected chi connectivity index (χ3v) is 5.46. The Labute approximate surface area is 165 Å². The number of rotatable bonds is 3. The van der Waals surface area contributed by atoms with Gasteiger partial charge >= 0.3 is 16.2 Å². The van der Waals surface area contributed by atoms with Crippen molar-refractivity contribution in [1.29, 1.82) is 0 Å². The molecule has 2 amide bonds. The lowest BCUT2D eigenvalue weighted by molar-refractivity contribution is 0.112. The third-order valence-electron chi connectivity index (χ3n) is 4.54. The van der Waals surface area contributed by atoms with E-state index >= 15 is 0 Å². The second-order valence-electron chi connectivity index (χ2n) is 8.07. The zero-order chi connectivity index (χ0) is 20.5. The van der Waals surface area contributed by atoms with E-state index in [1.165, 1.54) is 0 Å². The van der Waals surface area contributed by atoms with Crippen LogP contribution in [0.4, 0.5) is 10.5 Å². The number of hydrogen-bond acceptors (Lipinski definition) is 5. The summed E-state index contributed by atoms with van der Waals surface area (Å²) in [6, 6.07) is 4.81. The lowest BCUT2D eigenvalue weighted by Gasteiger charge is -2.37. The zero-order valence-corrected chi connectivity index (χ0v) is 17.2. The monoisotopic (exact) mass is 409 g/mol. The summed E-state index contributed by atoms with van der Waals surface area (Å²) in [6.07, 6.45) is 2.81. The highest BCUT2D eigenvalue weighted by atomic mass is 32.2. The quantitative estimate of drug-likeness (QED) is 0.702. The Morgan fingerprint density at radius 3 is 2.86 bits per heavy atom. The molecule has 0 spiro atoms. The fourth-order valence-electron chi connectivity index (χ4n) is 3.36. The number of likely N-dealkylation sites (tertiary alicyclic amines) is 1. The molecule has 2 aliphatic heterocycles. The normalized spacial score (nSPS) is 21.2. The Morgan fingerprint density at radius 2 is 2.14 bits per heavy atom. The van der Waals surface area contributed by atoms with Crippen molar-refractivity contribution < 1.29 is 17.9 Å². The molecule has 0 bridgehead atoms. The van der Waals surface area contributed by atoms with Crippen molar-refractivity contribution in [3.63, 3.8) is 0 Å². The molecule has 2 heterocycles. The number of hydrogen-bond donors (Lipinski definition) is 3. The number of carbonyl (C=O) groups excluding carboxylic acids is 1. The van der Waals surface area contributed by atoms with Crippen molar-refractivity contribution in [3.8, 4) is 5.75 Å². The first-order valence-electron chi connectivity index (χ1n) is 9.29. The van der Waals surface area contributed by atoms with Gasteiger partial charge in [0, 0.05) is 12.1 Å². The minimum Gasteiger partial charge on any atom is -0.491 e. The molecular formula is C18H27N5O4S. The average molecular weight is 410 g/mol. The Balaban J connectivity index is 1.76. The van der Waals surface area contributed by atoms with E-state index in [1.807, 2.05) is 25.7 Å². The standard InChI is InChI=1S/C18H27N5O4S/c1-18(2,3)20-17(24)23-10-5-4-7-12(23)11-27-14-9-6-8-13-15(14)16(19)22-28(25,26)21-13/h6,8-9,12,21H,4-5,7,10-11H2,1-3H3,(H2,19,22)(H,20,24)/t12-/m1/s1. The van der Waals surface area contributed by atoms with Crippen LogP contribution in [0.3, 0.4) is 0 Å². The van der Waals surface area contributed by atoms with Crippen LogP contribution in [0, 0.1) is 0 Å². The maximum absolute atomic E-state index is 12.6. The van der Waals surface area contributed by atoms with E-state index in [0.717, 1.165) is 19.3 Å². The second kappa shape index (κ2) is 7.50. The van der Waals surface area contributed by atoms with Gasteiger partial charge in [-0.05, 0) is 52.2 Å². The van der Waals surface area contributed by atoms with Crippen LogP contribution in [0.2, 0.25) is 0 Å². The van der Waals surface area contributed by atoms with Gasteiger partial charge in [0.15, 0.2) is 5.84 Å². The molecule has 3 rings (SSSR count). The van der Waals surface area contributed by atoms with Crippen molar-refractivity contribution in [2.75, 3.05) is 17.9 Å². The van der Waals surface area contributed by atoms with E-state index in [-0.39, 0.29) is 30.1 Å². The van der Waals surface area contributed by atoms with Gasteiger partial charge in [-0.3, -0.25) is 4.72 Å². The van der Waals surface area contributed by atoms with Gasteiger partial charge in [0.05, 0.1) is 17.3 Å². The summed E-state index contributed by atoms with van der Waals surface area (Å²) in [6.45, 7) is 6.79. The van der Waals surface area contributed by atoms with Crippen molar-refractivity contribution in [3.05, 3.63) is 23.8 Å². The number of piperidine rings is 1. The Morgan fingerprint density at radius 1 is 1.39 bits per heavy atom. The van der Waals surface area contributed by atoms with Crippen LogP contribution < -0.4 is 20.5 Å². The van der Waals surface area contributed by atoms with Gasteiger partial charge in [-0.25, -0.2) is 4.79 Å². The number of anilines is 1. The molecular weight excluding hydrogens is 382 g/mol. The Bertz CT molecular complexity index is 892. The molecule has 0 radical (unpaired) electrons. The number of benzene rings is 1. The predicted octanol–water partition coefficient (Wildman–Crippen LogP) is 1.80. The maximum Gasteiger partial charge on any atom is 0.344 e. The van der Waals surface area contributed by atoms with E-state index in [1.54, 1.807) is 18.2 Å². The minimum atomic E-state index is -3.84. The summed E-state index contributed by atoms with van der Waals surface area (Å²) in [4.78, 5) is 14.4. The van der Waals surface area contributed by atoms with Crippen LogP contribution in [-0.2, 0) is 10.2 Å². The number of carbonyl (C=O) groups is 1. The Kier molecular flexibility index (Phi) is 5.42. The van der Waals surface area contributed by atoms with Crippen molar-refractivity contribution >= 4 is 27.8 Å². The molecule has 1 aromatic carbocycles. The molecule has 10 heteroatoms. The molecule has 1 atom stereocenters. The largest absolute Gasteiger partial charge is 0.491 e. The van der Waals surface area contributed by atoms with Gasteiger partial charge in [0.25, 0.3) is 0 Å². The molecule has 1 saturated heterocycles. The number of fused-ring (bicyclic) bond motifs is 1. The fourth-order valence-corrected chi connectivity index (χ4v) is 4.20. The number of ether oxygens (including phenoxy) is 1. The van der Waals surface area contributed by atoms with Crippen LogP contribution in [-0.4, -0.2) is 49.9 Å². The van der Waals surface area contributed by atoms with Crippen LogP contribution >= 0.6 is 0 Å². The van der Waals surface area contributed by atoms with Crippen LogP contribution in [0.15, 0.2) is 22.6 Å². The summed E-state index contributed by atoms with van der Waals surface area (Å²) in [5, 5.41) is 3.00. The molecule has 0 saturated carbocycles. The fraction of sp³-hybridized carbons (Fsp3) is 0.556. The van der Waals surface area contributed by atoms with Gasteiger partial charge < -0.3 is 20.7 Å². The number of amides is 2. The molecule has 0 aromatic heterocycles. The van der Waals surface area contributed by atoms with Gasteiger partial charge in [-0.2, -0.15) is 8.42 Å². The van der Waals surface area contributed by atoms with Crippen molar-refractivity contribution in [1.82, 2.24) is 10.2 Å². The summed E-state index contributed by atoms with van der Waals surface area (Å²) in [5.41, 5.74) is 6.28. The second-order valence-corrected chi connectivity index (χ2v) is 9.40. The molecule has 1 fully saturated rings. The summed E-state index contributed by atoms with van der Waals surface area (Å²) in [5.74, 6) is 0.318. The first kappa shape index (κ1) is 20.2. The zero-order valence-electron chi connectivity index (χ0n) is 16.4. The van der Waals surface area contributed by atoms with Crippen molar-refractivity contribution in [2.24, 2.45) is 10.1 Å². The summed E-state index contributed by atoms with van der Waals surface area (Å²) < 4.78 is 35.2. The van der Waals surface area contributed by atoms with E-state index in [0.29, 0.717) is 23.5 Å². The predicted molar refractivity (Wildman–Crippen MR) is 108 cm³/mol. The molecule has 1 aromatic rings. The topological polar surface area (TPSA) is 126 Å². The first-order chi connectivity index (χ1) is 13.1. The summed E-state index contributed by atoms with van der Waals surface area (Å²) >= 11 is 0. The highest BCUT2D eigenvalue weighted by Crippen LogP contribution is 2.31. The third kappa shape index (κ3) is 4.67. The lowest BCUT2D eigenvalue weighted by Crippen LogP contribution is -2.54. The number of nitrogens with one attached hydrogen (secondary N) is 2. The van der Waals surface area contributed by atoms with Crippen molar-refractivity contribution in [2.45, 2.75) is 51.6 Å². The van der Waals surface area contributed by atoms with Crippen LogP contribution in [0.5, 0.6) is 5.75 Å². The number of urea groups is 1. The number of nitrogens with zero attached hydrogens (tertiary/aromatic N) is 2. The minimum absolute atomic E-state index is 0.0783.